The molecule has 22 heavy (non-hydrogen) atoms. The maximum atomic E-state index is 11.1. The molecule has 114 valence electrons. The number of likely N-dealkylation sites (N-methyl/N-ethyl adjacent to an activating group) is 1. The van der Waals surface area contributed by atoms with Crippen molar-refractivity contribution < 1.29 is 9.90 Å². The van der Waals surface area contributed by atoms with Crippen molar-refractivity contribution in [3.05, 3.63) is 54.1 Å². The first-order chi connectivity index (χ1) is 10.6. The Morgan fingerprint density at radius 3 is 2.27 bits per heavy atom. The van der Waals surface area contributed by atoms with E-state index in [1.165, 1.54) is 5.69 Å². The zero-order valence-corrected chi connectivity index (χ0v) is 12.7. The van der Waals surface area contributed by atoms with Crippen LogP contribution in [0.25, 0.3) is 11.1 Å². The molecule has 4 heteroatoms. The van der Waals surface area contributed by atoms with Crippen LogP contribution in [0.15, 0.2) is 48.5 Å². The molecule has 0 spiro atoms. The molecule has 0 bridgehead atoms. The molecule has 1 aliphatic heterocycles. The molecular weight excluding hydrogens is 276 g/mol. The minimum absolute atomic E-state index is 0.322. The Morgan fingerprint density at radius 1 is 0.955 bits per heavy atom. The van der Waals surface area contributed by atoms with Gasteiger partial charge in [0.05, 0.1) is 5.56 Å². The van der Waals surface area contributed by atoms with Gasteiger partial charge in [0.1, 0.15) is 0 Å². The fraction of sp³-hybridized carbons (Fsp3) is 0.278. The van der Waals surface area contributed by atoms with Crippen LogP contribution in [0.1, 0.15) is 10.4 Å². The Kier molecular flexibility index (Phi) is 4.11. The normalized spacial score (nSPS) is 15.8. The van der Waals surface area contributed by atoms with Gasteiger partial charge in [0.15, 0.2) is 0 Å². The summed E-state index contributed by atoms with van der Waals surface area (Å²) >= 11 is 0. The Balaban J connectivity index is 1.88. The topological polar surface area (TPSA) is 43.8 Å². The second-order valence-electron chi connectivity index (χ2n) is 5.73. The number of nitrogens with zero attached hydrogens (tertiary/aromatic N) is 2. The Hall–Kier alpha value is -2.33. The number of aromatic carboxylic acids is 1. The predicted molar refractivity (Wildman–Crippen MR) is 88.5 cm³/mol. The van der Waals surface area contributed by atoms with Gasteiger partial charge in [-0.3, -0.25) is 0 Å². The number of hydrogen-bond donors (Lipinski definition) is 1. The highest BCUT2D eigenvalue weighted by molar-refractivity contribution is 5.89. The molecule has 0 aliphatic carbocycles. The van der Waals surface area contributed by atoms with Gasteiger partial charge in [-0.1, -0.05) is 24.3 Å². The molecule has 1 fully saturated rings. The second kappa shape index (κ2) is 6.20. The number of hydrogen-bond acceptors (Lipinski definition) is 3. The molecule has 1 heterocycles. The molecule has 0 aromatic heterocycles. The van der Waals surface area contributed by atoms with Crippen LogP contribution in [0.2, 0.25) is 0 Å². The maximum absolute atomic E-state index is 11.1. The zero-order valence-electron chi connectivity index (χ0n) is 12.7. The molecule has 2 aromatic carbocycles. The summed E-state index contributed by atoms with van der Waals surface area (Å²) in [6.07, 6.45) is 0. The van der Waals surface area contributed by atoms with E-state index in [1.54, 1.807) is 18.2 Å². The summed E-state index contributed by atoms with van der Waals surface area (Å²) in [5.74, 6) is -0.892. The first-order valence-corrected chi connectivity index (χ1v) is 7.51. The van der Waals surface area contributed by atoms with E-state index < -0.39 is 5.97 Å². The summed E-state index contributed by atoms with van der Waals surface area (Å²) in [7, 11) is 2.14. The van der Waals surface area contributed by atoms with Crippen molar-refractivity contribution in [2.45, 2.75) is 0 Å². The quantitative estimate of drug-likeness (QED) is 0.946. The first kappa shape index (κ1) is 14.6. The molecule has 1 saturated heterocycles. The van der Waals surface area contributed by atoms with Crippen LogP contribution in [0.3, 0.4) is 0 Å². The molecule has 0 atom stereocenters. The Morgan fingerprint density at radius 2 is 1.59 bits per heavy atom. The Bertz CT molecular complexity index is 676. The fourth-order valence-electron chi connectivity index (χ4n) is 2.78. The molecular formula is C18H20N2O2. The first-order valence-electron chi connectivity index (χ1n) is 7.51. The number of carbonyl (C=O) groups is 1. The number of carboxylic acids is 1. The number of anilines is 1. The van der Waals surface area contributed by atoms with Crippen molar-refractivity contribution >= 4 is 11.7 Å². The average Bonchev–Trinajstić information content (AvgIpc) is 2.56. The van der Waals surface area contributed by atoms with E-state index >= 15 is 0 Å². The van der Waals surface area contributed by atoms with Gasteiger partial charge in [-0.2, -0.15) is 0 Å². The van der Waals surface area contributed by atoms with Gasteiger partial charge < -0.3 is 14.9 Å². The molecule has 0 saturated carbocycles. The summed E-state index contributed by atoms with van der Waals surface area (Å²) in [5.41, 5.74) is 3.52. The van der Waals surface area contributed by atoms with Crippen LogP contribution >= 0.6 is 0 Å². The third-order valence-corrected chi connectivity index (χ3v) is 4.16. The average molecular weight is 296 g/mol. The molecule has 0 unspecified atom stereocenters. The van der Waals surface area contributed by atoms with E-state index in [9.17, 15) is 4.79 Å². The summed E-state index contributed by atoms with van der Waals surface area (Å²) in [4.78, 5) is 15.8. The summed E-state index contributed by atoms with van der Waals surface area (Å²) < 4.78 is 0. The monoisotopic (exact) mass is 296 g/mol. The molecule has 0 radical (unpaired) electrons. The van der Waals surface area contributed by atoms with Gasteiger partial charge in [-0.05, 0) is 42.4 Å². The molecule has 3 rings (SSSR count). The number of rotatable bonds is 3. The van der Waals surface area contributed by atoms with Gasteiger partial charge in [0.2, 0.25) is 0 Å². The highest BCUT2D eigenvalue weighted by atomic mass is 16.4. The van der Waals surface area contributed by atoms with Crippen molar-refractivity contribution in [2.75, 3.05) is 38.1 Å². The SMILES string of the molecule is CN1CCN(c2cccc(-c3cccc(C(=O)O)c3)c2)CC1. The standard InChI is InChI=1S/C18H20N2O2/c1-19-8-10-20(11-9-19)17-7-3-5-15(13-17)14-4-2-6-16(12-14)18(21)22/h2-7,12-13H,8-11H2,1H3,(H,21,22). The van der Waals surface area contributed by atoms with Crippen LogP contribution < -0.4 is 4.90 Å². The molecule has 2 aromatic rings. The third kappa shape index (κ3) is 3.12. The smallest absolute Gasteiger partial charge is 0.335 e. The minimum Gasteiger partial charge on any atom is -0.478 e. The second-order valence-corrected chi connectivity index (χ2v) is 5.73. The van der Waals surface area contributed by atoms with E-state index in [2.05, 4.69) is 29.0 Å². The third-order valence-electron chi connectivity index (χ3n) is 4.16. The van der Waals surface area contributed by atoms with E-state index in [4.69, 9.17) is 5.11 Å². The van der Waals surface area contributed by atoms with Crippen molar-refractivity contribution in [3.8, 4) is 11.1 Å². The minimum atomic E-state index is -0.892. The van der Waals surface area contributed by atoms with Gasteiger partial charge >= 0.3 is 5.97 Å². The summed E-state index contributed by atoms with van der Waals surface area (Å²) in [6, 6.07) is 15.4. The van der Waals surface area contributed by atoms with Crippen LogP contribution in [-0.2, 0) is 0 Å². The lowest BCUT2D eigenvalue weighted by Crippen LogP contribution is -2.44. The Labute approximate surface area is 130 Å². The molecule has 1 N–H and O–H groups in total. The van der Waals surface area contributed by atoms with E-state index in [1.807, 2.05) is 18.2 Å². The lowest BCUT2D eigenvalue weighted by molar-refractivity contribution is 0.0697. The number of carboxylic acid groups (broad SMARTS) is 1. The van der Waals surface area contributed by atoms with Crippen molar-refractivity contribution in [1.82, 2.24) is 4.90 Å². The largest absolute Gasteiger partial charge is 0.478 e. The van der Waals surface area contributed by atoms with E-state index in [-0.39, 0.29) is 0 Å². The van der Waals surface area contributed by atoms with Crippen LogP contribution in [0, 0.1) is 0 Å². The van der Waals surface area contributed by atoms with Gasteiger partial charge in [-0.15, -0.1) is 0 Å². The predicted octanol–water partition coefficient (Wildman–Crippen LogP) is 2.80. The summed E-state index contributed by atoms with van der Waals surface area (Å²) in [6.45, 7) is 4.18. The molecule has 4 nitrogen and oxygen atoms in total. The molecule has 1 aliphatic rings. The van der Waals surface area contributed by atoms with Crippen molar-refractivity contribution in [3.63, 3.8) is 0 Å². The fourth-order valence-corrected chi connectivity index (χ4v) is 2.78. The lowest BCUT2D eigenvalue weighted by atomic mass is 10.0. The van der Waals surface area contributed by atoms with E-state index in [0.717, 1.165) is 37.3 Å². The highest BCUT2D eigenvalue weighted by Crippen LogP contribution is 2.26. The highest BCUT2D eigenvalue weighted by Gasteiger charge is 2.14. The van der Waals surface area contributed by atoms with Crippen LogP contribution in [-0.4, -0.2) is 49.2 Å². The zero-order chi connectivity index (χ0) is 15.5. The van der Waals surface area contributed by atoms with Crippen molar-refractivity contribution in [2.24, 2.45) is 0 Å². The molecule has 0 amide bonds. The lowest BCUT2D eigenvalue weighted by Gasteiger charge is -2.34. The van der Waals surface area contributed by atoms with Gasteiger partial charge in [0, 0.05) is 31.9 Å². The van der Waals surface area contributed by atoms with Crippen molar-refractivity contribution in [1.29, 1.82) is 0 Å². The van der Waals surface area contributed by atoms with Crippen LogP contribution in [0.4, 0.5) is 5.69 Å². The maximum Gasteiger partial charge on any atom is 0.335 e. The number of piperazine rings is 1. The van der Waals surface area contributed by atoms with Gasteiger partial charge in [-0.25, -0.2) is 4.79 Å². The van der Waals surface area contributed by atoms with Crippen LogP contribution in [0.5, 0.6) is 0 Å². The number of benzene rings is 2. The van der Waals surface area contributed by atoms with Gasteiger partial charge in [0.25, 0.3) is 0 Å². The van der Waals surface area contributed by atoms with E-state index in [0.29, 0.717) is 5.56 Å². The summed E-state index contributed by atoms with van der Waals surface area (Å²) in [5, 5.41) is 9.13.